The molecule has 0 aromatic carbocycles. The number of hydrogen-bond acceptors (Lipinski definition) is 3. The lowest BCUT2D eigenvalue weighted by molar-refractivity contribution is -0.138. The smallest absolute Gasteiger partial charge is 0.226 e. The molecule has 0 aliphatic heterocycles. The molecule has 18 heavy (non-hydrogen) atoms. The van der Waals surface area contributed by atoms with Gasteiger partial charge >= 0.3 is 0 Å². The van der Waals surface area contributed by atoms with Crippen molar-refractivity contribution in [3.8, 4) is 0 Å². The van der Waals surface area contributed by atoms with Gasteiger partial charge in [-0.05, 0) is 25.2 Å². The summed E-state index contributed by atoms with van der Waals surface area (Å²) in [6, 6.07) is 0. The third kappa shape index (κ3) is 3.37. The second-order valence-electron chi connectivity index (χ2n) is 5.69. The largest absolute Gasteiger partial charge is 0.409 e. The summed E-state index contributed by atoms with van der Waals surface area (Å²) < 4.78 is 0. The topological polar surface area (TPSA) is 78.9 Å². The third-order valence-electron chi connectivity index (χ3n) is 4.02. The molecule has 104 valence electrons. The SMILES string of the molecule is CCN(CCC(N)=NO)C(=O)C1CCCC1(C)C. The Labute approximate surface area is 109 Å². The van der Waals surface area contributed by atoms with Crippen LogP contribution in [0, 0.1) is 11.3 Å². The molecule has 0 heterocycles. The Morgan fingerprint density at radius 2 is 2.22 bits per heavy atom. The van der Waals surface area contributed by atoms with Crippen molar-refractivity contribution in [3.05, 3.63) is 0 Å². The Morgan fingerprint density at radius 1 is 1.56 bits per heavy atom. The van der Waals surface area contributed by atoms with Crippen molar-refractivity contribution in [1.82, 2.24) is 4.90 Å². The van der Waals surface area contributed by atoms with Crippen LogP contribution in [-0.4, -0.2) is 34.9 Å². The maximum Gasteiger partial charge on any atom is 0.226 e. The first-order valence-corrected chi connectivity index (χ1v) is 6.67. The minimum absolute atomic E-state index is 0.0983. The van der Waals surface area contributed by atoms with Crippen LogP contribution in [0.25, 0.3) is 0 Å². The van der Waals surface area contributed by atoms with E-state index >= 15 is 0 Å². The van der Waals surface area contributed by atoms with E-state index < -0.39 is 0 Å². The molecule has 0 bridgehead atoms. The standard InChI is InChI=1S/C13H25N3O2/c1-4-16(9-7-11(14)15-18)12(17)10-6-5-8-13(10,2)3/h10,18H,4-9H2,1-3H3,(H2,14,15). The first kappa shape index (κ1) is 14.8. The molecule has 0 saturated heterocycles. The summed E-state index contributed by atoms with van der Waals surface area (Å²) in [5, 5.41) is 11.4. The predicted molar refractivity (Wildman–Crippen MR) is 71.4 cm³/mol. The van der Waals surface area contributed by atoms with Crippen molar-refractivity contribution in [1.29, 1.82) is 0 Å². The zero-order valence-electron chi connectivity index (χ0n) is 11.6. The highest BCUT2D eigenvalue weighted by Crippen LogP contribution is 2.43. The van der Waals surface area contributed by atoms with Crippen molar-refractivity contribution < 1.29 is 10.0 Å². The Hall–Kier alpha value is -1.26. The van der Waals surface area contributed by atoms with Crippen molar-refractivity contribution in [2.24, 2.45) is 22.2 Å². The predicted octanol–water partition coefficient (Wildman–Crippen LogP) is 1.80. The van der Waals surface area contributed by atoms with Gasteiger partial charge in [0.05, 0.1) is 0 Å². The average Bonchev–Trinajstić information content (AvgIpc) is 2.68. The highest BCUT2D eigenvalue weighted by atomic mass is 16.4. The molecule has 1 unspecified atom stereocenters. The minimum atomic E-state index is 0.0983. The van der Waals surface area contributed by atoms with Gasteiger partial charge in [0.15, 0.2) is 0 Å². The van der Waals surface area contributed by atoms with Crippen molar-refractivity contribution in [2.45, 2.75) is 46.5 Å². The second-order valence-corrected chi connectivity index (χ2v) is 5.69. The molecule has 5 heteroatoms. The van der Waals surface area contributed by atoms with Crippen LogP contribution in [0.2, 0.25) is 0 Å². The van der Waals surface area contributed by atoms with E-state index in [9.17, 15) is 4.79 Å². The van der Waals surface area contributed by atoms with E-state index in [-0.39, 0.29) is 23.1 Å². The van der Waals surface area contributed by atoms with Gasteiger partial charge in [-0.2, -0.15) is 0 Å². The van der Waals surface area contributed by atoms with Crippen LogP contribution in [0.5, 0.6) is 0 Å². The Balaban J connectivity index is 2.62. The van der Waals surface area contributed by atoms with Crippen molar-refractivity contribution in [3.63, 3.8) is 0 Å². The van der Waals surface area contributed by atoms with Gasteiger partial charge in [-0.1, -0.05) is 25.4 Å². The molecule has 1 rings (SSSR count). The van der Waals surface area contributed by atoms with Gasteiger partial charge in [0.2, 0.25) is 5.91 Å². The van der Waals surface area contributed by atoms with E-state index in [1.807, 2.05) is 11.8 Å². The van der Waals surface area contributed by atoms with Gasteiger partial charge in [0, 0.05) is 25.4 Å². The molecule has 0 aromatic rings. The number of carbonyl (C=O) groups excluding carboxylic acids is 1. The van der Waals surface area contributed by atoms with E-state index in [2.05, 4.69) is 19.0 Å². The lowest BCUT2D eigenvalue weighted by Crippen LogP contribution is -2.41. The van der Waals surface area contributed by atoms with Crippen LogP contribution in [0.1, 0.15) is 46.5 Å². The molecular weight excluding hydrogens is 230 g/mol. The Bertz CT molecular complexity index is 326. The summed E-state index contributed by atoms with van der Waals surface area (Å²) in [5.41, 5.74) is 5.54. The summed E-state index contributed by atoms with van der Waals surface area (Å²) in [4.78, 5) is 14.3. The molecule has 1 aliphatic rings. The molecule has 3 N–H and O–H groups in total. The number of nitrogens with zero attached hydrogens (tertiary/aromatic N) is 2. The van der Waals surface area contributed by atoms with Crippen LogP contribution in [0.3, 0.4) is 0 Å². The van der Waals surface area contributed by atoms with E-state index in [1.165, 1.54) is 0 Å². The van der Waals surface area contributed by atoms with Gasteiger partial charge in [0.25, 0.3) is 0 Å². The zero-order chi connectivity index (χ0) is 13.8. The molecule has 0 spiro atoms. The molecule has 1 saturated carbocycles. The zero-order valence-corrected chi connectivity index (χ0v) is 11.6. The molecule has 1 atom stereocenters. The molecule has 1 amide bonds. The fraction of sp³-hybridized carbons (Fsp3) is 0.846. The minimum Gasteiger partial charge on any atom is -0.409 e. The van der Waals surface area contributed by atoms with Crippen LogP contribution < -0.4 is 5.73 Å². The van der Waals surface area contributed by atoms with E-state index in [4.69, 9.17) is 10.9 Å². The van der Waals surface area contributed by atoms with Gasteiger partial charge < -0.3 is 15.8 Å². The third-order valence-corrected chi connectivity index (χ3v) is 4.02. The van der Waals surface area contributed by atoms with Crippen molar-refractivity contribution in [2.75, 3.05) is 13.1 Å². The highest BCUT2D eigenvalue weighted by molar-refractivity contribution is 5.82. The summed E-state index contributed by atoms with van der Waals surface area (Å²) in [6.45, 7) is 7.49. The summed E-state index contributed by atoms with van der Waals surface area (Å²) in [7, 11) is 0. The number of carbonyl (C=O) groups is 1. The first-order valence-electron chi connectivity index (χ1n) is 6.67. The maximum atomic E-state index is 12.5. The molecule has 0 radical (unpaired) electrons. The average molecular weight is 255 g/mol. The number of oxime groups is 1. The quantitative estimate of drug-likeness (QED) is 0.340. The lowest BCUT2D eigenvalue weighted by atomic mass is 9.81. The summed E-state index contributed by atoms with van der Waals surface area (Å²) >= 11 is 0. The van der Waals surface area contributed by atoms with E-state index in [1.54, 1.807) is 0 Å². The Kier molecular flexibility index (Phi) is 4.99. The fourth-order valence-electron chi connectivity index (χ4n) is 2.73. The molecule has 5 nitrogen and oxygen atoms in total. The van der Waals surface area contributed by atoms with Gasteiger partial charge in [0.1, 0.15) is 5.84 Å². The number of rotatable bonds is 5. The number of hydrogen-bond donors (Lipinski definition) is 2. The van der Waals surface area contributed by atoms with Crippen LogP contribution in [0.15, 0.2) is 5.16 Å². The number of amides is 1. The van der Waals surface area contributed by atoms with Gasteiger partial charge in [-0.15, -0.1) is 0 Å². The van der Waals surface area contributed by atoms with Crippen LogP contribution in [-0.2, 0) is 4.79 Å². The van der Waals surface area contributed by atoms with Crippen molar-refractivity contribution >= 4 is 11.7 Å². The van der Waals surface area contributed by atoms with Crippen LogP contribution >= 0.6 is 0 Å². The summed E-state index contributed by atoms with van der Waals surface area (Å²) in [6.07, 6.45) is 3.64. The number of amidine groups is 1. The molecule has 1 fully saturated rings. The van der Waals surface area contributed by atoms with Gasteiger partial charge in [-0.3, -0.25) is 4.79 Å². The molecule has 1 aliphatic carbocycles. The monoisotopic (exact) mass is 255 g/mol. The Morgan fingerprint density at radius 3 is 2.67 bits per heavy atom. The maximum absolute atomic E-state index is 12.5. The molecule has 0 aromatic heterocycles. The fourth-order valence-corrected chi connectivity index (χ4v) is 2.73. The second kappa shape index (κ2) is 6.07. The summed E-state index contributed by atoms with van der Waals surface area (Å²) in [5.74, 6) is 0.502. The van der Waals surface area contributed by atoms with E-state index in [0.29, 0.717) is 19.5 Å². The van der Waals surface area contributed by atoms with Crippen LogP contribution in [0.4, 0.5) is 0 Å². The lowest BCUT2D eigenvalue weighted by Gasteiger charge is -2.31. The van der Waals surface area contributed by atoms with E-state index in [0.717, 1.165) is 19.3 Å². The first-order chi connectivity index (χ1) is 8.42. The van der Waals surface area contributed by atoms with Gasteiger partial charge in [-0.25, -0.2) is 0 Å². The normalized spacial score (nSPS) is 23.1. The number of nitrogens with two attached hydrogens (primary N) is 1. The highest BCUT2D eigenvalue weighted by Gasteiger charge is 2.40. The molecular formula is C13H25N3O2.